The first-order valence-electron chi connectivity index (χ1n) is 5.75. The lowest BCUT2D eigenvalue weighted by Crippen LogP contribution is -2.31. The van der Waals surface area contributed by atoms with Crippen LogP contribution in [0.1, 0.15) is 6.42 Å². The summed E-state index contributed by atoms with van der Waals surface area (Å²) in [5.74, 6) is -0.998. The van der Waals surface area contributed by atoms with Gasteiger partial charge in [-0.1, -0.05) is 11.6 Å². The van der Waals surface area contributed by atoms with E-state index in [0.717, 1.165) is 6.07 Å². The third-order valence-corrected chi connectivity index (χ3v) is 6.46. The highest BCUT2D eigenvalue weighted by molar-refractivity contribution is 9.10. The fourth-order valence-electron chi connectivity index (χ4n) is 2.03. The van der Waals surface area contributed by atoms with Crippen LogP contribution in [0.15, 0.2) is 15.4 Å². The number of methoxy groups -OCH3 is 1. The zero-order valence-corrected chi connectivity index (χ0v) is 13.7. The molecule has 0 bridgehead atoms. The van der Waals surface area contributed by atoms with Gasteiger partial charge in [-0.25, -0.2) is 12.8 Å². The zero-order chi connectivity index (χ0) is 15.1. The van der Waals surface area contributed by atoms with Crippen molar-refractivity contribution < 1.29 is 17.5 Å². The monoisotopic (exact) mass is 386 g/mol. The lowest BCUT2D eigenvalue weighted by Gasteiger charge is -2.18. The van der Waals surface area contributed by atoms with E-state index in [1.807, 2.05) is 0 Å². The number of halogens is 3. The molecule has 112 valence electrons. The Morgan fingerprint density at radius 2 is 2.25 bits per heavy atom. The lowest BCUT2D eigenvalue weighted by molar-refractivity contribution is 0.115. The Hall–Kier alpha value is -0.410. The quantitative estimate of drug-likeness (QED) is 0.638. The first-order valence-corrected chi connectivity index (χ1v) is 8.36. The molecule has 20 heavy (non-hydrogen) atoms. The van der Waals surface area contributed by atoms with Gasteiger partial charge in [-0.15, -0.1) is 0 Å². The molecule has 2 N–H and O–H groups in total. The summed E-state index contributed by atoms with van der Waals surface area (Å²) in [6.45, 7) is 0.458. The maximum Gasteiger partial charge on any atom is 0.246 e. The van der Waals surface area contributed by atoms with Crippen molar-refractivity contribution >= 4 is 43.2 Å². The molecule has 0 radical (unpaired) electrons. The van der Waals surface area contributed by atoms with Gasteiger partial charge in [0.2, 0.25) is 10.0 Å². The standard InChI is InChI=1S/C11H13BrClFN2O3S/c1-19-6-2-3-16(5-6)20(17,18)8-4-7(13)9(12)11(15)10(8)14/h4,6H,2-3,5,15H2,1H3. The fraction of sp³-hybridized carbons (Fsp3) is 0.455. The Bertz CT molecular complexity index is 641. The summed E-state index contributed by atoms with van der Waals surface area (Å²) >= 11 is 8.87. The maximum absolute atomic E-state index is 14.1. The highest BCUT2D eigenvalue weighted by Crippen LogP contribution is 2.36. The third kappa shape index (κ3) is 2.67. The van der Waals surface area contributed by atoms with Gasteiger partial charge in [0.05, 0.1) is 21.3 Å². The number of nitrogens with two attached hydrogens (primary N) is 1. The smallest absolute Gasteiger partial charge is 0.246 e. The van der Waals surface area contributed by atoms with Crippen molar-refractivity contribution in [2.24, 2.45) is 0 Å². The highest BCUT2D eigenvalue weighted by Gasteiger charge is 2.35. The van der Waals surface area contributed by atoms with Crippen molar-refractivity contribution in [3.05, 3.63) is 21.4 Å². The second kappa shape index (κ2) is 5.76. The molecule has 1 aliphatic rings. The van der Waals surface area contributed by atoms with Crippen LogP contribution in [0.5, 0.6) is 0 Å². The van der Waals surface area contributed by atoms with Crippen molar-refractivity contribution in [3.63, 3.8) is 0 Å². The molecule has 1 aliphatic heterocycles. The van der Waals surface area contributed by atoms with Gasteiger partial charge < -0.3 is 10.5 Å². The van der Waals surface area contributed by atoms with Crippen molar-refractivity contribution in [3.8, 4) is 0 Å². The van der Waals surface area contributed by atoms with E-state index in [0.29, 0.717) is 6.42 Å². The number of hydrogen-bond acceptors (Lipinski definition) is 4. The van der Waals surface area contributed by atoms with E-state index in [1.165, 1.54) is 11.4 Å². The van der Waals surface area contributed by atoms with Crippen LogP contribution >= 0.6 is 27.5 Å². The minimum Gasteiger partial charge on any atom is -0.395 e. The second-order valence-electron chi connectivity index (χ2n) is 4.41. The Balaban J connectivity index is 2.46. The van der Waals surface area contributed by atoms with Gasteiger partial charge in [0.25, 0.3) is 0 Å². The first kappa shape index (κ1) is 16.0. The molecule has 1 atom stereocenters. The van der Waals surface area contributed by atoms with Crippen molar-refractivity contribution in [2.45, 2.75) is 17.4 Å². The molecule has 1 unspecified atom stereocenters. The molecule has 0 aliphatic carbocycles. The normalized spacial score (nSPS) is 20.5. The van der Waals surface area contributed by atoms with Crippen LogP contribution in [0.25, 0.3) is 0 Å². The SMILES string of the molecule is COC1CCN(S(=O)(=O)c2cc(Cl)c(Br)c(N)c2F)C1. The Labute approximate surface area is 130 Å². The second-order valence-corrected chi connectivity index (χ2v) is 7.51. The molecule has 5 nitrogen and oxygen atoms in total. The molecule has 1 fully saturated rings. The van der Waals surface area contributed by atoms with Gasteiger partial charge in [-0.2, -0.15) is 4.31 Å². The fourth-order valence-corrected chi connectivity index (χ4v) is 4.19. The summed E-state index contributed by atoms with van der Waals surface area (Å²) in [4.78, 5) is -0.514. The van der Waals surface area contributed by atoms with E-state index in [4.69, 9.17) is 22.1 Å². The predicted octanol–water partition coefficient (Wildman–Crippen LogP) is 2.23. The van der Waals surface area contributed by atoms with Crippen LogP contribution in [0.2, 0.25) is 5.02 Å². The molecule has 1 saturated heterocycles. The van der Waals surface area contributed by atoms with Crippen LogP contribution in [0.3, 0.4) is 0 Å². The number of anilines is 1. The van der Waals surface area contributed by atoms with Crippen LogP contribution in [0.4, 0.5) is 10.1 Å². The van der Waals surface area contributed by atoms with E-state index in [1.54, 1.807) is 0 Å². The maximum atomic E-state index is 14.1. The van der Waals surface area contributed by atoms with Gasteiger partial charge in [0, 0.05) is 20.2 Å². The van der Waals surface area contributed by atoms with E-state index >= 15 is 0 Å². The Kier molecular flexibility index (Phi) is 4.60. The molecule has 1 heterocycles. The average Bonchev–Trinajstić information content (AvgIpc) is 2.90. The molecule has 0 amide bonds. The number of sulfonamides is 1. The van der Waals surface area contributed by atoms with Gasteiger partial charge >= 0.3 is 0 Å². The molecule has 1 aromatic rings. The van der Waals surface area contributed by atoms with Crippen LogP contribution in [-0.2, 0) is 14.8 Å². The summed E-state index contributed by atoms with van der Waals surface area (Å²) in [5.41, 5.74) is 5.20. The number of rotatable bonds is 3. The average molecular weight is 388 g/mol. The van der Waals surface area contributed by atoms with Gasteiger partial charge in [0.1, 0.15) is 4.90 Å². The molecule has 0 aromatic heterocycles. The van der Waals surface area contributed by atoms with Crippen molar-refractivity contribution in [2.75, 3.05) is 25.9 Å². The van der Waals surface area contributed by atoms with Gasteiger partial charge in [-0.05, 0) is 28.4 Å². The molecule has 0 spiro atoms. The number of nitrogens with zero attached hydrogens (tertiary/aromatic N) is 1. The predicted molar refractivity (Wildman–Crippen MR) is 77.7 cm³/mol. The van der Waals surface area contributed by atoms with E-state index in [2.05, 4.69) is 15.9 Å². The number of ether oxygens (including phenoxy) is 1. The number of hydrogen-bond donors (Lipinski definition) is 1. The summed E-state index contributed by atoms with van der Waals surface area (Å²) in [5, 5.41) is 0.0463. The van der Waals surface area contributed by atoms with E-state index < -0.39 is 20.7 Å². The molecule has 9 heteroatoms. The molecule has 0 saturated carbocycles. The summed E-state index contributed by atoms with van der Waals surface area (Å²) in [6.07, 6.45) is 0.382. The molecule has 2 rings (SSSR count). The third-order valence-electron chi connectivity index (χ3n) is 3.22. The molecular weight excluding hydrogens is 375 g/mol. The highest BCUT2D eigenvalue weighted by atomic mass is 79.9. The van der Waals surface area contributed by atoms with Gasteiger partial charge in [0.15, 0.2) is 5.82 Å². The number of nitrogen functional groups attached to an aromatic ring is 1. The van der Waals surface area contributed by atoms with Gasteiger partial charge in [-0.3, -0.25) is 0 Å². The topological polar surface area (TPSA) is 72.6 Å². The minimum atomic E-state index is -3.98. The molecule has 1 aromatic carbocycles. The zero-order valence-electron chi connectivity index (χ0n) is 10.6. The van der Waals surface area contributed by atoms with Crippen LogP contribution in [0, 0.1) is 5.82 Å². The first-order chi connectivity index (χ1) is 9.28. The lowest BCUT2D eigenvalue weighted by atomic mass is 10.3. The van der Waals surface area contributed by atoms with E-state index in [-0.39, 0.29) is 34.4 Å². The largest absolute Gasteiger partial charge is 0.395 e. The Morgan fingerprint density at radius 1 is 1.60 bits per heavy atom. The summed E-state index contributed by atoms with van der Waals surface area (Å²) < 4.78 is 45.4. The number of benzene rings is 1. The minimum absolute atomic E-state index is 0.0463. The van der Waals surface area contributed by atoms with Crippen LogP contribution in [-0.4, -0.2) is 39.0 Å². The summed E-state index contributed by atoms with van der Waals surface area (Å²) in [6, 6.07) is 1.06. The van der Waals surface area contributed by atoms with Crippen molar-refractivity contribution in [1.29, 1.82) is 0 Å². The van der Waals surface area contributed by atoms with E-state index in [9.17, 15) is 12.8 Å². The molecular formula is C11H13BrClFN2O3S. The summed E-state index contributed by atoms with van der Waals surface area (Å²) in [7, 11) is -2.47. The Morgan fingerprint density at radius 3 is 2.80 bits per heavy atom. The van der Waals surface area contributed by atoms with Crippen LogP contribution < -0.4 is 5.73 Å². The van der Waals surface area contributed by atoms with Crippen molar-refractivity contribution in [1.82, 2.24) is 4.31 Å².